The number of carbonyl (C=O) groups excluding carboxylic acids is 1. The molecule has 0 bridgehead atoms. The van der Waals surface area contributed by atoms with Crippen molar-refractivity contribution in [1.29, 1.82) is 0 Å². The lowest BCUT2D eigenvalue weighted by atomic mass is 10.0. The molecule has 6 heteroatoms. The third-order valence-corrected chi connectivity index (χ3v) is 5.61. The minimum absolute atomic E-state index is 0.115. The Morgan fingerprint density at radius 2 is 1.70 bits per heavy atom. The van der Waals surface area contributed by atoms with Crippen LogP contribution in [0.2, 0.25) is 0 Å². The lowest BCUT2D eigenvalue weighted by molar-refractivity contribution is 0.0902. The Balaban J connectivity index is 1.36. The van der Waals surface area contributed by atoms with Crippen molar-refractivity contribution in [2.75, 3.05) is 13.1 Å². The summed E-state index contributed by atoms with van der Waals surface area (Å²) in [6.07, 6.45) is 1.80. The van der Waals surface area contributed by atoms with Crippen molar-refractivity contribution >= 4 is 5.91 Å². The van der Waals surface area contributed by atoms with Crippen molar-refractivity contribution in [3.05, 3.63) is 93.9 Å². The first-order valence-corrected chi connectivity index (χ1v) is 10.3. The second-order valence-corrected chi connectivity index (χ2v) is 7.75. The highest BCUT2D eigenvalue weighted by Crippen LogP contribution is 2.16. The summed E-state index contributed by atoms with van der Waals surface area (Å²) >= 11 is 0. The third kappa shape index (κ3) is 4.66. The quantitative estimate of drug-likeness (QED) is 0.713. The summed E-state index contributed by atoms with van der Waals surface area (Å²) in [4.78, 5) is 27.3. The van der Waals surface area contributed by atoms with Gasteiger partial charge in [0.2, 0.25) is 0 Å². The van der Waals surface area contributed by atoms with Gasteiger partial charge in [-0.2, -0.15) is 9.78 Å². The van der Waals surface area contributed by atoms with Gasteiger partial charge >= 0.3 is 0 Å². The van der Waals surface area contributed by atoms with Gasteiger partial charge in [-0.3, -0.25) is 14.5 Å². The molecule has 30 heavy (non-hydrogen) atoms. The van der Waals surface area contributed by atoms with E-state index in [0.29, 0.717) is 5.69 Å². The monoisotopic (exact) mass is 402 g/mol. The molecule has 0 aliphatic carbocycles. The standard InChI is InChI=1S/C24H26N4O2/c1-18-7-5-6-8-19(18)17-27-15-13-20(14-16-27)25-24(30)22-11-12-23(29)28(26-22)21-9-3-2-4-10-21/h2-12,20H,13-17H2,1H3,(H,25,30). The first-order valence-electron chi connectivity index (χ1n) is 10.3. The van der Waals surface area contributed by atoms with Gasteiger partial charge in [-0.25, -0.2) is 0 Å². The summed E-state index contributed by atoms with van der Waals surface area (Å²) in [5.41, 5.74) is 3.30. The van der Waals surface area contributed by atoms with E-state index in [-0.39, 0.29) is 23.2 Å². The molecule has 1 saturated heterocycles. The molecular formula is C24H26N4O2. The van der Waals surface area contributed by atoms with Crippen molar-refractivity contribution in [2.45, 2.75) is 32.4 Å². The van der Waals surface area contributed by atoms with E-state index in [1.807, 2.05) is 18.2 Å². The molecule has 154 valence electrons. The molecule has 0 atom stereocenters. The highest BCUT2D eigenvalue weighted by Gasteiger charge is 2.22. The van der Waals surface area contributed by atoms with Crippen LogP contribution >= 0.6 is 0 Å². The van der Waals surface area contributed by atoms with Crippen LogP contribution in [-0.4, -0.2) is 39.7 Å². The topological polar surface area (TPSA) is 67.2 Å². The molecule has 1 fully saturated rings. The fourth-order valence-corrected chi connectivity index (χ4v) is 3.81. The lowest BCUT2D eigenvalue weighted by Crippen LogP contribution is -2.44. The van der Waals surface area contributed by atoms with Gasteiger partial charge in [0.1, 0.15) is 5.69 Å². The van der Waals surface area contributed by atoms with E-state index in [9.17, 15) is 9.59 Å². The Bertz CT molecular complexity index is 1070. The average molecular weight is 402 g/mol. The average Bonchev–Trinajstić information content (AvgIpc) is 2.77. The Hall–Kier alpha value is -3.25. The van der Waals surface area contributed by atoms with Crippen LogP contribution in [0.25, 0.3) is 5.69 Å². The van der Waals surface area contributed by atoms with Crippen molar-refractivity contribution in [2.24, 2.45) is 0 Å². The van der Waals surface area contributed by atoms with Crippen LogP contribution in [0.3, 0.4) is 0 Å². The van der Waals surface area contributed by atoms with Crippen molar-refractivity contribution < 1.29 is 4.79 Å². The predicted octanol–water partition coefficient (Wildman–Crippen LogP) is 2.94. The highest BCUT2D eigenvalue weighted by molar-refractivity contribution is 5.92. The fraction of sp³-hybridized carbons (Fsp3) is 0.292. The molecule has 0 saturated carbocycles. The zero-order valence-electron chi connectivity index (χ0n) is 17.1. The van der Waals surface area contributed by atoms with Gasteiger partial charge in [-0.1, -0.05) is 42.5 Å². The zero-order chi connectivity index (χ0) is 20.9. The molecule has 4 rings (SSSR count). The molecular weight excluding hydrogens is 376 g/mol. The summed E-state index contributed by atoms with van der Waals surface area (Å²) in [5.74, 6) is -0.239. The molecule has 0 unspecified atom stereocenters. The first-order chi connectivity index (χ1) is 14.6. The molecule has 2 heterocycles. The third-order valence-electron chi connectivity index (χ3n) is 5.61. The number of piperidine rings is 1. The Morgan fingerprint density at radius 1 is 1.00 bits per heavy atom. The fourth-order valence-electron chi connectivity index (χ4n) is 3.81. The number of nitrogens with one attached hydrogen (secondary N) is 1. The van der Waals surface area contributed by atoms with Gasteiger partial charge in [0.25, 0.3) is 11.5 Å². The second kappa shape index (κ2) is 9.05. The van der Waals surface area contributed by atoms with Crippen LogP contribution in [0, 0.1) is 6.92 Å². The number of likely N-dealkylation sites (tertiary alicyclic amines) is 1. The van der Waals surface area contributed by atoms with E-state index < -0.39 is 0 Å². The SMILES string of the molecule is Cc1ccccc1CN1CCC(NC(=O)c2ccc(=O)n(-c3ccccc3)n2)CC1. The van der Waals surface area contributed by atoms with Crippen LogP contribution < -0.4 is 10.9 Å². The zero-order valence-corrected chi connectivity index (χ0v) is 17.1. The van der Waals surface area contributed by atoms with Gasteiger partial charge in [0.15, 0.2) is 0 Å². The maximum Gasteiger partial charge on any atom is 0.271 e. The number of para-hydroxylation sites is 1. The first kappa shape index (κ1) is 20.0. The van der Waals surface area contributed by atoms with Crippen molar-refractivity contribution in [3.63, 3.8) is 0 Å². The Kier molecular flexibility index (Phi) is 6.05. The van der Waals surface area contributed by atoms with Gasteiger partial charge in [-0.15, -0.1) is 0 Å². The van der Waals surface area contributed by atoms with Crippen LogP contribution in [0.15, 0.2) is 71.5 Å². The number of amides is 1. The van der Waals surface area contributed by atoms with Gasteiger partial charge < -0.3 is 5.32 Å². The van der Waals surface area contributed by atoms with E-state index in [1.165, 1.54) is 27.9 Å². The number of carbonyl (C=O) groups is 1. The minimum Gasteiger partial charge on any atom is -0.348 e. The highest BCUT2D eigenvalue weighted by atomic mass is 16.2. The molecule has 1 N–H and O–H groups in total. The minimum atomic E-state index is -0.262. The van der Waals surface area contributed by atoms with E-state index in [4.69, 9.17) is 0 Å². The molecule has 6 nitrogen and oxygen atoms in total. The number of benzene rings is 2. The summed E-state index contributed by atoms with van der Waals surface area (Å²) in [6.45, 7) is 4.97. The number of aromatic nitrogens is 2. The summed E-state index contributed by atoms with van der Waals surface area (Å²) in [7, 11) is 0. The summed E-state index contributed by atoms with van der Waals surface area (Å²) < 4.78 is 1.26. The van der Waals surface area contributed by atoms with Crippen molar-refractivity contribution in [1.82, 2.24) is 20.0 Å². The maximum atomic E-state index is 12.7. The number of hydrogen-bond acceptors (Lipinski definition) is 4. The van der Waals surface area contributed by atoms with Crippen LogP contribution in [0.1, 0.15) is 34.5 Å². The van der Waals surface area contributed by atoms with Gasteiger partial charge in [0.05, 0.1) is 5.69 Å². The molecule has 2 aromatic carbocycles. The summed E-state index contributed by atoms with van der Waals surface area (Å²) in [5, 5.41) is 7.36. The smallest absolute Gasteiger partial charge is 0.271 e. The van der Waals surface area contributed by atoms with E-state index in [1.54, 1.807) is 12.1 Å². The van der Waals surface area contributed by atoms with Crippen molar-refractivity contribution in [3.8, 4) is 5.69 Å². The van der Waals surface area contributed by atoms with Crippen LogP contribution in [0.4, 0.5) is 0 Å². The Morgan fingerprint density at radius 3 is 2.43 bits per heavy atom. The molecule has 0 spiro atoms. The molecule has 3 aromatic rings. The van der Waals surface area contributed by atoms with Gasteiger partial charge in [0, 0.05) is 31.7 Å². The molecule has 1 amide bonds. The Labute approximate surface area is 176 Å². The number of rotatable bonds is 5. The van der Waals surface area contributed by atoms with Crippen LogP contribution in [0.5, 0.6) is 0 Å². The normalized spacial score (nSPS) is 15.1. The van der Waals surface area contributed by atoms with E-state index >= 15 is 0 Å². The molecule has 0 radical (unpaired) electrons. The maximum absolute atomic E-state index is 12.7. The lowest BCUT2D eigenvalue weighted by Gasteiger charge is -2.32. The largest absolute Gasteiger partial charge is 0.348 e. The summed E-state index contributed by atoms with van der Waals surface area (Å²) in [6, 6.07) is 20.6. The second-order valence-electron chi connectivity index (χ2n) is 7.75. The van der Waals surface area contributed by atoms with E-state index in [2.05, 4.69) is 46.5 Å². The number of nitrogens with zero attached hydrogens (tertiary/aromatic N) is 3. The molecule has 1 aliphatic rings. The molecule has 1 aromatic heterocycles. The van der Waals surface area contributed by atoms with E-state index in [0.717, 1.165) is 32.5 Å². The van der Waals surface area contributed by atoms with Crippen LogP contribution in [-0.2, 0) is 6.54 Å². The molecule has 1 aliphatic heterocycles. The van der Waals surface area contributed by atoms with Gasteiger partial charge in [-0.05, 0) is 49.1 Å². The number of hydrogen-bond donors (Lipinski definition) is 1. The predicted molar refractivity (Wildman–Crippen MR) is 117 cm³/mol. The number of aryl methyl sites for hydroxylation is 1.